The molecule has 0 aromatic carbocycles. The molecule has 0 aromatic rings. The minimum absolute atomic E-state index is 0.110. The van der Waals surface area contributed by atoms with E-state index in [9.17, 15) is 4.79 Å². The molecule has 2 fully saturated rings. The van der Waals surface area contributed by atoms with E-state index < -0.39 is 0 Å². The Morgan fingerprint density at radius 2 is 1.88 bits per heavy atom. The summed E-state index contributed by atoms with van der Waals surface area (Å²) < 4.78 is 0. The molecule has 92 valence electrons. The fourth-order valence-electron chi connectivity index (χ4n) is 3.05. The number of piperazine rings is 1. The molecule has 16 heavy (non-hydrogen) atoms. The zero-order valence-electron chi connectivity index (χ0n) is 10.2. The Morgan fingerprint density at radius 1 is 1.31 bits per heavy atom. The van der Waals surface area contributed by atoms with Crippen LogP contribution in [-0.2, 0) is 4.79 Å². The van der Waals surface area contributed by atoms with Gasteiger partial charge in [-0.3, -0.25) is 9.69 Å². The van der Waals surface area contributed by atoms with Gasteiger partial charge in [0.25, 0.3) is 0 Å². The molecule has 0 aromatic heterocycles. The number of nitrogens with two attached hydrogens (primary N) is 1. The highest BCUT2D eigenvalue weighted by atomic mass is 16.1. The second-order valence-corrected chi connectivity index (χ2v) is 5.32. The molecule has 3 N–H and O–H groups in total. The first-order valence-corrected chi connectivity index (χ1v) is 6.41. The molecule has 0 bridgehead atoms. The van der Waals surface area contributed by atoms with Crippen LogP contribution >= 0.6 is 0 Å². The highest BCUT2D eigenvalue weighted by molar-refractivity contribution is 5.84. The number of carbonyl (C=O) groups excluding carboxylic acids is 1. The first-order chi connectivity index (χ1) is 7.65. The maximum absolute atomic E-state index is 11.8. The van der Waals surface area contributed by atoms with Crippen LogP contribution in [0.15, 0.2) is 0 Å². The van der Waals surface area contributed by atoms with E-state index in [2.05, 4.69) is 17.1 Å². The van der Waals surface area contributed by atoms with Crippen LogP contribution in [0.3, 0.4) is 0 Å². The van der Waals surface area contributed by atoms with Crippen molar-refractivity contribution in [3.8, 4) is 0 Å². The fraction of sp³-hybridized carbons (Fsp3) is 0.917. The normalized spacial score (nSPS) is 37.2. The van der Waals surface area contributed by atoms with Crippen LogP contribution in [0.5, 0.6) is 0 Å². The van der Waals surface area contributed by atoms with Crippen LogP contribution in [0.25, 0.3) is 0 Å². The van der Waals surface area contributed by atoms with Crippen molar-refractivity contribution in [2.75, 3.05) is 26.2 Å². The summed E-state index contributed by atoms with van der Waals surface area (Å²) in [6.45, 7) is 6.13. The molecule has 0 spiro atoms. The summed E-state index contributed by atoms with van der Waals surface area (Å²) in [7, 11) is 0. The Kier molecular flexibility index (Phi) is 3.50. The average Bonchev–Trinajstić information content (AvgIpc) is 2.31. The Balaban J connectivity index is 2.11. The molecule has 2 aliphatic rings. The summed E-state index contributed by atoms with van der Waals surface area (Å²) >= 11 is 0. The lowest BCUT2D eigenvalue weighted by Crippen LogP contribution is -2.63. The first-order valence-electron chi connectivity index (χ1n) is 6.41. The Bertz CT molecular complexity index is 253. The van der Waals surface area contributed by atoms with Crippen molar-refractivity contribution >= 4 is 5.91 Å². The van der Waals surface area contributed by atoms with Gasteiger partial charge in [0.05, 0.1) is 0 Å². The molecule has 1 aliphatic heterocycles. The van der Waals surface area contributed by atoms with E-state index in [-0.39, 0.29) is 11.4 Å². The number of nitrogens with one attached hydrogen (secondary N) is 1. The van der Waals surface area contributed by atoms with Gasteiger partial charge < -0.3 is 11.1 Å². The third-order valence-corrected chi connectivity index (χ3v) is 4.28. The van der Waals surface area contributed by atoms with Gasteiger partial charge >= 0.3 is 0 Å². The minimum Gasteiger partial charge on any atom is -0.368 e. The van der Waals surface area contributed by atoms with Gasteiger partial charge in [-0.05, 0) is 31.6 Å². The first kappa shape index (κ1) is 11.9. The number of nitrogens with zero attached hydrogens (tertiary/aromatic N) is 1. The third kappa shape index (κ3) is 2.09. The number of hydrogen-bond donors (Lipinski definition) is 2. The maximum Gasteiger partial charge on any atom is 0.237 e. The summed E-state index contributed by atoms with van der Waals surface area (Å²) in [6, 6.07) is 0. The number of rotatable bonds is 2. The van der Waals surface area contributed by atoms with Crippen molar-refractivity contribution in [1.82, 2.24) is 10.2 Å². The van der Waals surface area contributed by atoms with Gasteiger partial charge in [-0.2, -0.15) is 0 Å². The molecule has 4 heteroatoms. The fourth-order valence-corrected chi connectivity index (χ4v) is 3.05. The molecular weight excluding hydrogens is 202 g/mol. The largest absolute Gasteiger partial charge is 0.368 e. The van der Waals surface area contributed by atoms with Crippen LogP contribution in [0.1, 0.15) is 32.6 Å². The molecule has 1 heterocycles. The number of carbonyl (C=O) groups is 1. The molecular formula is C12H23N3O. The van der Waals surface area contributed by atoms with E-state index in [0.717, 1.165) is 57.8 Å². The Labute approximate surface area is 97.6 Å². The molecule has 2 rings (SSSR count). The quantitative estimate of drug-likeness (QED) is 0.712. The van der Waals surface area contributed by atoms with E-state index in [4.69, 9.17) is 5.73 Å². The van der Waals surface area contributed by atoms with E-state index in [1.54, 1.807) is 0 Å². The van der Waals surface area contributed by atoms with Gasteiger partial charge in [-0.25, -0.2) is 0 Å². The average molecular weight is 225 g/mol. The van der Waals surface area contributed by atoms with E-state index in [1.807, 2.05) is 0 Å². The molecule has 0 atom stereocenters. The lowest BCUT2D eigenvalue weighted by atomic mass is 9.75. The Morgan fingerprint density at radius 3 is 2.38 bits per heavy atom. The predicted molar refractivity (Wildman–Crippen MR) is 64.0 cm³/mol. The molecule has 1 aliphatic carbocycles. The molecule has 0 radical (unpaired) electrons. The van der Waals surface area contributed by atoms with Crippen LogP contribution in [0.4, 0.5) is 0 Å². The zero-order valence-corrected chi connectivity index (χ0v) is 10.2. The number of amides is 1. The van der Waals surface area contributed by atoms with Crippen LogP contribution < -0.4 is 11.1 Å². The smallest absolute Gasteiger partial charge is 0.237 e. The van der Waals surface area contributed by atoms with Crippen molar-refractivity contribution < 1.29 is 4.79 Å². The summed E-state index contributed by atoms with van der Waals surface area (Å²) in [5, 5.41) is 3.32. The van der Waals surface area contributed by atoms with E-state index >= 15 is 0 Å². The zero-order chi connectivity index (χ0) is 11.6. The maximum atomic E-state index is 11.8. The van der Waals surface area contributed by atoms with Crippen molar-refractivity contribution in [3.05, 3.63) is 0 Å². The molecule has 1 saturated heterocycles. The number of hydrogen-bond acceptors (Lipinski definition) is 3. The van der Waals surface area contributed by atoms with Crippen molar-refractivity contribution in [3.63, 3.8) is 0 Å². The van der Waals surface area contributed by atoms with Crippen LogP contribution in [0, 0.1) is 5.92 Å². The standard InChI is InChI=1S/C12H23N3O/c1-10-2-4-12(5-3-10,11(13)16)15-8-6-14-7-9-15/h10,14H,2-9H2,1H3,(H2,13,16). The summed E-state index contributed by atoms with van der Waals surface area (Å²) in [5.74, 6) is 0.636. The summed E-state index contributed by atoms with van der Waals surface area (Å²) in [4.78, 5) is 14.2. The lowest BCUT2D eigenvalue weighted by molar-refractivity contribution is -0.134. The van der Waals surface area contributed by atoms with Gasteiger partial charge in [0.15, 0.2) is 0 Å². The van der Waals surface area contributed by atoms with Gasteiger partial charge in [-0.1, -0.05) is 6.92 Å². The molecule has 1 saturated carbocycles. The van der Waals surface area contributed by atoms with Gasteiger partial charge in [-0.15, -0.1) is 0 Å². The van der Waals surface area contributed by atoms with E-state index in [0.29, 0.717) is 0 Å². The second-order valence-electron chi connectivity index (χ2n) is 5.32. The summed E-state index contributed by atoms with van der Waals surface area (Å²) in [6.07, 6.45) is 4.16. The highest BCUT2D eigenvalue weighted by Crippen LogP contribution is 2.36. The number of primary amides is 1. The monoisotopic (exact) mass is 225 g/mol. The molecule has 0 unspecified atom stereocenters. The summed E-state index contributed by atoms with van der Waals surface area (Å²) in [5.41, 5.74) is 5.34. The van der Waals surface area contributed by atoms with Crippen LogP contribution in [-0.4, -0.2) is 42.5 Å². The van der Waals surface area contributed by atoms with Crippen LogP contribution in [0.2, 0.25) is 0 Å². The predicted octanol–water partition coefficient (Wildman–Crippen LogP) is 0.326. The van der Waals surface area contributed by atoms with Crippen molar-refractivity contribution in [1.29, 1.82) is 0 Å². The van der Waals surface area contributed by atoms with E-state index in [1.165, 1.54) is 0 Å². The molecule has 4 nitrogen and oxygen atoms in total. The highest BCUT2D eigenvalue weighted by Gasteiger charge is 2.44. The third-order valence-electron chi connectivity index (χ3n) is 4.28. The SMILES string of the molecule is CC1CCC(C(N)=O)(N2CCNCC2)CC1. The topological polar surface area (TPSA) is 58.4 Å². The van der Waals surface area contributed by atoms with Crippen molar-refractivity contribution in [2.45, 2.75) is 38.1 Å². The second kappa shape index (κ2) is 4.72. The van der Waals surface area contributed by atoms with Crippen molar-refractivity contribution in [2.24, 2.45) is 11.7 Å². The van der Waals surface area contributed by atoms with Gasteiger partial charge in [0, 0.05) is 26.2 Å². The Hall–Kier alpha value is -0.610. The minimum atomic E-state index is -0.339. The lowest BCUT2D eigenvalue weighted by Gasteiger charge is -2.47. The molecule has 1 amide bonds. The van der Waals surface area contributed by atoms with Gasteiger partial charge in [0.1, 0.15) is 5.54 Å². The van der Waals surface area contributed by atoms with Gasteiger partial charge in [0.2, 0.25) is 5.91 Å².